The van der Waals surface area contributed by atoms with Gasteiger partial charge in [-0.3, -0.25) is 9.59 Å². The molecule has 1 N–H and O–H groups in total. The lowest BCUT2D eigenvalue weighted by atomic mass is 10.2. The van der Waals surface area contributed by atoms with Crippen molar-refractivity contribution in [3.8, 4) is 10.6 Å². The molecule has 0 radical (unpaired) electrons. The van der Waals surface area contributed by atoms with Gasteiger partial charge in [-0.25, -0.2) is 9.67 Å². The molecule has 6 nitrogen and oxygen atoms in total. The second-order valence-electron chi connectivity index (χ2n) is 5.20. The molecular formula is C17H16N4O2S. The van der Waals surface area contributed by atoms with Gasteiger partial charge < -0.3 is 5.32 Å². The molecule has 2 heterocycles. The number of nitrogens with one attached hydrogen (secondary N) is 1. The summed E-state index contributed by atoms with van der Waals surface area (Å²) in [6.45, 7) is 0.460. The van der Waals surface area contributed by atoms with E-state index in [-0.39, 0.29) is 17.2 Å². The summed E-state index contributed by atoms with van der Waals surface area (Å²) in [6.07, 6.45) is 0.640. The molecule has 0 spiro atoms. The predicted octanol–water partition coefficient (Wildman–Crippen LogP) is 1.88. The average molecular weight is 340 g/mol. The van der Waals surface area contributed by atoms with Crippen LogP contribution in [0.4, 0.5) is 0 Å². The zero-order valence-electron chi connectivity index (χ0n) is 13.1. The van der Waals surface area contributed by atoms with Gasteiger partial charge in [0.05, 0.1) is 5.69 Å². The smallest absolute Gasteiger partial charge is 0.271 e. The van der Waals surface area contributed by atoms with Crippen LogP contribution >= 0.6 is 11.3 Å². The van der Waals surface area contributed by atoms with Crippen molar-refractivity contribution in [1.82, 2.24) is 20.1 Å². The molecule has 0 bridgehead atoms. The van der Waals surface area contributed by atoms with Gasteiger partial charge in [-0.2, -0.15) is 5.10 Å². The van der Waals surface area contributed by atoms with E-state index in [9.17, 15) is 9.59 Å². The van der Waals surface area contributed by atoms with Crippen LogP contribution in [0.25, 0.3) is 10.6 Å². The molecule has 0 saturated carbocycles. The van der Waals surface area contributed by atoms with E-state index in [1.54, 1.807) is 11.3 Å². The molecule has 0 atom stereocenters. The largest absolute Gasteiger partial charge is 0.350 e. The number of carbonyl (C=O) groups is 1. The Balaban J connectivity index is 1.57. The molecule has 3 rings (SSSR count). The highest BCUT2D eigenvalue weighted by Crippen LogP contribution is 2.23. The molecule has 122 valence electrons. The van der Waals surface area contributed by atoms with E-state index in [0.29, 0.717) is 13.0 Å². The van der Waals surface area contributed by atoms with Gasteiger partial charge in [-0.1, -0.05) is 30.3 Å². The second-order valence-corrected chi connectivity index (χ2v) is 6.05. The van der Waals surface area contributed by atoms with Crippen LogP contribution in [-0.2, 0) is 13.5 Å². The van der Waals surface area contributed by atoms with Crippen LogP contribution in [0.15, 0.2) is 52.6 Å². The van der Waals surface area contributed by atoms with Gasteiger partial charge in [0, 0.05) is 37.0 Å². The van der Waals surface area contributed by atoms with E-state index in [2.05, 4.69) is 15.4 Å². The van der Waals surface area contributed by atoms with Crippen LogP contribution in [0.5, 0.6) is 0 Å². The van der Waals surface area contributed by atoms with Gasteiger partial charge in [0.15, 0.2) is 0 Å². The number of benzene rings is 1. The monoisotopic (exact) mass is 340 g/mol. The number of hydrogen-bond donors (Lipinski definition) is 1. The van der Waals surface area contributed by atoms with Gasteiger partial charge in [-0.05, 0) is 6.07 Å². The summed E-state index contributed by atoms with van der Waals surface area (Å²) in [5.41, 5.74) is 2.00. The Kier molecular flexibility index (Phi) is 4.81. The molecule has 3 aromatic rings. The first-order chi connectivity index (χ1) is 11.6. The molecule has 2 aromatic heterocycles. The van der Waals surface area contributed by atoms with E-state index in [1.165, 1.54) is 19.2 Å². The highest BCUT2D eigenvalue weighted by atomic mass is 32.1. The van der Waals surface area contributed by atoms with Gasteiger partial charge in [0.1, 0.15) is 10.7 Å². The Morgan fingerprint density at radius 1 is 1.21 bits per heavy atom. The van der Waals surface area contributed by atoms with Crippen molar-refractivity contribution >= 4 is 17.2 Å². The number of carbonyl (C=O) groups excluding carboxylic acids is 1. The number of amides is 1. The Bertz CT molecular complexity index is 902. The Morgan fingerprint density at radius 3 is 2.75 bits per heavy atom. The van der Waals surface area contributed by atoms with Crippen LogP contribution in [-0.4, -0.2) is 27.2 Å². The van der Waals surface area contributed by atoms with Crippen LogP contribution in [0, 0.1) is 0 Å². The van der Waals surface area contributed by atoms with Gasteiger partial charge in [0.25, 0.3) is 11.5 Å². The van der Waals surface area contributed by atoms with Crippen molar-refractivity contribution in [3.05, 3.63) is 69.6 Å². The lowest BCUT2D eigenvalue weighted by Crippen LogP contribution is -2.29. The van der Waals surface area contributed by atoms with Crippen molar-refractivity contribution in [3.63, 3.8) is 0 Å². The van der Waals surface area contributed by atoms with E-state index < -0.39 is 0 Å². The minimum absolute atomic E-state index is 0.223. The SMILES string of the molecule is Cn1nc(C(=O)NCCc2csc(-c3ccccc3)n2)ccc1=O. The van der Waals surface area contributed by atoms with Crippen molar-refractivity contribution in [1.29, 1.82) is 0 Å². The maximum Gasteiger partial charge on any atom is 0.271 e. The van der Waals surface area contributed by atoms with Crippen LogP contribution in [0.2, 0.25) is 0 Å². The molecular weight excluding hydrogens is 324 g/mol. The topological polar surface area (TPSA) is 76.9 Å². The zero-order chi connectivity index (χ0) is 16.9. The summed E-state index contributed by atoms with van der Waals surface area (Å²) >= 11 is 1.59. The maximum absolute atomic E-state index is 12.0. The third-order valence-electron chi connectivity index (χ3n) is 3.43. The second kappa shape index (κ2) is 7.18. The predicted molar refractivity (Wildman–Crippen MR) is 93.1 cm³/mol. The fourth-order valence-corrected chi connectivity index (χ4v) is 3.01. The van der Waals surface area contributed by atoms with Crippen molar-refractivity contribution in [2.24, 2.45) is 7.05 Å². The number of aromatic nitrogens is 3. The first-order valence-corrected chi connectivity index (χ1v) is 8.34. The first-order valence-electron chi connectivity index (χ1n) is 7.46. The summed E-state index contributed by atoms with van der Waals surface area (Å²) in [7, 11) is 1.51. The summed E-state index contributed by atoms with van der Waals surface area (Å²) in [5, 5.41) is 9.68. The van der Waals surface area contributed by atoms with Gasteiger partial charge in [0.2, 0.25) is 0 Å². The summed E-state index contributed by atoms with van der Waals surface area (Å²) in [4.78, 5) is 27.9. The van der Waals surface area contributed by atoms with E-state index in [1.807, 2.05) is 35.7 Å². The van der Waals surface area contributed by atoms with Crippen molar-refractivity contribution in [2.75, 3.05) is 6.54 Å². The quantitative estimate of drug-likeness (QED) is 0.769. The molecule has 0 unspecified atom stereocenters. The first kappa shape index (κ1) is 16.1. The number of aryl methyl sites for hydroxylation is 1. The van der Waals surface area contributed by atoms with Crippen LogP contribution in [0.1, 0.15) is 16.2 Å². The van der Waals surface area contributed by atoms with Crippen molar-refractivity contribution < 1.29 is 4.79 Å². The maximum atomic E-state index is 12.0. The average Bonchev–Trinajstić information content (AvgIpc) is 3.07. The Morgan fingerprint density at radius 2 is 2.00 bits per heavy atom. The fraction of sp³-hybridized carbons (Fsp3) is 0.176. The molecule has 7 heteroatoms. The minimum Gasteiger partial charge on any atom is -0.350 e. The zero-order valence-corrected chi connectivity index (χ0v) is 13.9. The van der Waals surface area contributed by atoms with E-state index >= 15 is 0 Å². The summed E-state index contributed by atoms with van der Waals surface area (Å²) in [6, 6.07) is 12.7. The molecule has 1 amide bonds. The fourth-order valence-electron chi connectivity index (χ4n) is 2.15. The molecule has 0 saturated heterocycles. The van der Waals surface area contributed by atoms with E-state index in [4.69, 9.17) is 0 Å². The minimum atomic E-state index is -0.302. The number of rotatable bonds is 5. The van der Waals surface area contributed by atoms with Gasteiger partial charge >= 0.3 is 0 Å². The molecule has 0 aliphatic heterocycles. The summed E-state index contributed by atoms with van der Waals surface area (Å²) in [5.74, 6) is -0.302. The number of nitrogens with zero attached hydrogens (tertiary/aromatic N) is 3. The van der Waals surface area contributed by atoms with E-state index in [0.717, 1.165) is 20.9 Å². The third-order valence-corrected chi connectivity index (χ3v) is 4.37. The molecule has 0 fully saturated rings. The Hall–Kier alpha value is -2.80. The molecule has 1 aromatic carbocycles. The highest BCUT2D eigenvalue weighted by molar-refractivity contribution is 7.13. The molecule has 0 aliphatic rings. The standard InChI is InChI=1S/C17H16N4O2S/c1-21-15(22)8-7-14(20-21)16(23)18-10-9-13-11-24-17(19-13)12-5-3-2-4-6-12/h2-8,11H,9-10H2,1H3,(H,18,23). The Labute approximate surface area is 142 Å². The lowest BCUT2D eigenvalue weighted by Gasteiger charge is -2.04. The lowest BCUT2D eigenvalue weighted by molar-refractivity contribution is 0.0947. The molecule has 0 aliphatic carbocycles. The number of thiazole rings is 1. The normalized spacial score (nSPS) is 10.5. The summed E-state index contributed by atoms with van der Waals surface area (Å²) < 4.78 is 1.14. The molecule has 24 heavy (non-hydrogen) atoms. The highest BCUT2D eigenvalue weighted by Gasteiger charge is 2.09. The third kappa shape index (κ3) is 3.75. The van der Waals surface area contributed by atoms with Crippen LogP contribution < -0.4 is 10.9 Å². The van der Waals surface area contributed by atoms with Crippen LogP contribution in [0.3, 0.4) is 0 Å². The van der Waals surface area contributed by atoms with Crippen molar-refractivity contribution in [2.45, 2.75) is 6.42 Å². The number of hydrogen-bond acceptors (Lipinski definition) is 5. The van der Waals surface area contributed by atoms with Gasteiger partial charge in [-0.15, -0.1) is 11.3 Å².